The number of nitrogens with one attached hydrogen (secondary N) is 1. The molecule has 6 heteroatoms. The Morgan fingerprint density at radius 2 is 1.28 bits per heavy atom. The van der Waals surface area contributed by atoms with E-state index < -0.39 is 11.3 Å². The molecule has 0 radical (unpaired) electrons. The number of ketones is 2. The van der Waals surface area contributed by atoms with Crippen LogP contribution in [0.4, 0.5) is 5.69 Å². The van der Waals surface area contributed by atoms with Crippen LogP contribution in [-0.2, 0) is 10.2 Å². The fourth-order valence-corrected chi connectivity index (χ4v) is 4.22. The van der Waals surface area contributed by atoms with Gasteiger partial charge in [0.1, 0.15) is 5.41 Å². The van der Waals surface area contributed by atoms with Gasteiger partial charge in [0.2, 0.25) is 5.91 Å². The molecule has 1 amide bonds. The molecule has 0 saturated carbocycles. The number of hydrogen-bond acceptors (Lipinski definition) is 3. The van der Waals surface area contributed by atoms with Crippen molar-refractivity contribution in [3.05, 3.63) is 99.5 Å². The van der Waals surface area contributed by atoms with Gasteiger partial charge in [0.05, 0.1) is 22.2 Å². The van der Waals surface area contributed by atoms with Crippen LogP contribution in [0.2, 0.25) is 10.0 Å². The van der Waals surface area contributed by atoms with Gasteiger partial charge >= 0.3 is 0 Å². The molecule has 3 aromatic rings. The number of hydrogen-bond donors (Lipinski definition) is 1. The minimum atomic E-state index is -1.62. The summed E-state index contributed by atoms with van der Waals surface area (Å²) in [6.07, 6.45) is -0.356. The predicted octanol–water partition coefficient (Wildman–Crippen LogP) is 5.34. The summed E-state index contributed by atoms with van der Waals surface area (Å²) in [5.74, 6) is -1.30. The van der Waals surface area contributed by atoms with E-state index in [0.29, 0.717) is 16.7 Å². The van der Waals surface area contributed by atoms with Gasteiger partial charge in [-0.1, -0.05) is 83.9 Å². The van der Waals surface area contributed by atoms with Gasteiger partial charge in [-0.25, -0.2) is 0 Å². The zero-order valence-electron chi connectivity index (χ0n) is 15.1. The van der Waals surface area contributed by atoms with E-state index >= 15 is 0 Å². The van der Waals surface area contributed by atoms with Crippen LogP contribution >= 0.6 is 23.2 Å². The molecule has 0 bridgehead atoms. The van der Waals surface area contributed by atoms with E-state index in [-0.39, 0.29) is 33.7 Å². The number of Topliss-reactive ketones (excluding diaryl/α,β-unsaturated/α-hetero) is 2. The van der Waals surface area contributed by atoms with E-state index in [1.54, 1.807) is 72.8 Å². The van der Waals surface area contributed by atoms with Gasteiger partial charge in [0.25, 0.3) is 0 Å². The summed E-state index contributed by atoms with van der Waals surface area (Å²) in [5.41, 5.74) is -0.246. The van der Waals surface area contributed by atoms with Gasteiger partial charge < -0.3 is 5.32 Å². The number of carbonyl (C=O) groups is 3. The van der Waals surface area contributed by atoms with E-state index in [0.717, 1.165) is 0 Å². The Morgan fingerprint density at radius 1 is 0.759 bits per heavy atom. The van der Waals surface area contributed by atoms with Crippen molar-refractivity contribution in [1.82, 2.24) is 0 Å². The lowest BCUT2D eigenvalue weighted by molar-refractivity contribution is -0.116. The van der Waals surface area contributed by atoms with E-state index in [1.165, 1.54) is 0 Å². The second kappa shape index (κ2) is 7.47. The lowest BCUT2D eigenvalue weighted by atomic mass is 9.73. The second-order valence-electron chi connectivity index (χ2n) is 6.80. The number of amides is 1. The maximum absolute atomic E-state index is 13.4. The Labute approximate surface area is 177 Å². The summed E-state index contributed by atoms with van der Waals surface area (Å²) < 4.78 is 0. The summed E-state index contributed by atoms with van der Waals surface area (Å²) in [7, 11) is 0. The van der Waals surface area contributed by atoms with Crippen LogP contribution < -0.4 is 5.32 Å². The molecule has 0 saturated heterocycles. The van der Waals surface area contributed by atoms with Crippen LogP contribution in [0.1, 0.15) is 32.7 Å². The van der Waals surface area contributed by atoms with Gasteiger partial charge in [0, 0.05) is 11.1 Å². The van der Waals surface area contributed by atoms with E-state index in [4.69, 9.17) is 23.2 Å². The Balaban J connectivity index is 1.77. The molecule has 1 aliphatic carbocycles. The van der Waals surface area contributed by atoms with Gasteiger partial charge in [-0.05, 0) is 17.7 Å². The van der Waals surface area contributed by atoms with E-state index in [1.807, 2.05) is 0 Å². The van der Waals surface area contributed by atoms with Gasteiger partial charge in [0.15, 0.2) is 11.6 Å². The summed E-state index contributed by atoms with van der Waals surface area (Å²) >= 11 is 12.3. The van der Waals surface area contributed by atoms with Crippen molar-refractivity contribution in [3.63, 3.8) is 0 Å². The number of rotatable bonds is 4. The first-order valence-electron chi connectivity index (χ1n) is 8.93. The Bertz CT molecular complexity index is 1090. The van der Waals surface area contributed by atoms with Crippen molar-refractivity contribution in [1.29, 1.82) is 0 Å². The van der Waals surface area contributed by atoms with Crippen molar-refractivity contribution < 1.29 is 14.4 Å². The molecule has 0 spiro atoms. The van der Waals surface area contributed by atoms with Crippen LogP contribution in [-0.4, -0.2) is 17.5 Å². The molecule has 0 heterocycles. The molecule has 0 aromatic heterocycles. The Hall–Kier alpha value is -2.95. The molecule has 1 aliphatic rings. The highest BCUT2D eigenvalue weighted by Crippen LogP contribution is 2.43. The molecule has 4 nitrogen and oxygen atoms in total. The zero-order valence-corrected chi connectivity index (χ0v) is 16.6. The minimum absolute atomic E-state index is 0.249. The highest BCUT2D eigenvalue weighted by Gasteiger charge is 2.55. The van der Waals surface area contributed by atoms with Crippen molar-refractivity contribution in [2.75, 3.05) is 5.32 Å². The fourth-order valence-electron chi connectivity index (χ4n) is 3.73. The third kappa shape index (κ3) is 3.15. The molecule has 0 unspecified atom stereocenters. The normalized spacial score (nSPS) is 14.6. The molecular weight excluding hydrogens is 409 g/mol. The maximum atomic E-state index is 13.4. The number of halogens is 2. The minimum Gasteiger partial charge on any atom is -0.323 e. The average Bonchev–Trinajstić information content (AvgIpc) is 2.94. The number of carbonyl (C=O) groups excluding carboxylic acids is 3. The van der Waals surface area contributed by atoms with Gasteiger partial charge in [-0.3, -0.25) is 14.4 Å². The lowest BCUT2D eigenvalue weighted by Crippen LogP contribution is -2.42. The highest BCUT2D eigenvalue weighted by atomic mass is 35.5. The molecule has 0 atom stereocenters. The monoisotopic (exact) mass is 423 g/mol. The van der Waals surface area contributed by atoms with Crippen LogP contribution in [0.3, 0.4) is 0 Å². The molecule has 4 rings (SSSR count). The third-order valence-corrected chi connectivity index (χ3v) is 5.74. The highest BCUT2D eigenvalue weighted by molar-refractivity contribution is 6.40. The molecule has 0 fully saturated rings. The summed E-state index contributed by atoms with van der Waals surface area (Å²) in [5, 5.41) is 3.20. The molecule has 3 aromatic carbocycles. The largest absolute Gasteiger partial charge is 0.323 e. The number of para-hydroxylation sites is 1. The van der Waals surface area contributed by atoms with Crippen LogP contribution in [0.5, 0.6) is 0 Å². The average molecular weight is 424 g/mol. The summed E-state index contributed by atoms with van der Waals surface area (Å²) in [6, 6.07) is 20.1. The molecular formula is C23H15Cl2NO3. The quantitative estimate of drug-likeness (QED) is 0.576. The number of benzene rings is 3. The van der Waals surface area contributed by atoms with E-state index in [9.17, 15) is 14.4 Å². The van der Waals surface area contributed by atoms with Crippen molar-refractivity contribution in [3.8, 4) is 0 Å². The Morgan fingerprint density at radius 3 is 1.83 bits per heavy atom. The second-order valence-corrected chi connectivity index (χ2v) is 7.61. The standard InChI is InChI=1S/C23H15Cl2NO3/c24-17-11-6-12-18(25)20(17)26-19(27)13-23(14-7-2-1-3-8-14)21(28)15-9-4-5-10-16(15)22(23)29/h1-12H,13H2,(H,26,27). The molecule has 1 N–H and O–H groups in total. The van der Waals surface area contributed by atoms with Crippen molar-refractivity contribution >= 4 is 46.4 Å². The Kier molecular flexibility index (Phi) is 4.99. The topological polar surface area (TPSA) is 63.2 Å². The maximum Gasteiger partial charge on any atom is 0.226 e. The number of fused-ring (bicyclic) bond motifs is 1. The van der Waals surface area contributed by atoms with Crippen LogP contribution in [0, 0.1) is 0 Å². The van der Waals surface area contributed by atoms with Gasteiger partial charge in [-0.2, -0.15) is 0 Å². The summed E-state index contributed by atoms with van der Waals surface area (Å²) in [4.78, 5) is 39.8. The SMILES string of the molecule is O=C(CC1(c2ccccc2)C(=O)c2ccccc2C1=O)Nc1c(Cl)cccc1Cl. The van der Waals surface area contributed by atoms with E-state index in [2.05, 4.69) is 5.32 Å². The zero-order chi connectivity index (χ0) is 20.6. The van der Waals surface area contributed by atoms with Gasteiger partial charge in [-0.15, -0.1) is 0 Å². The number of anilines is 1. The first kappa shape index (κ1) is 19.4. The van der Waals surface area contributed by atoms with Crippen LogP contribution in [0.15, 0.2) is 72.8 Å². The summed E-state index contributed by atoms with van der Waals surface area (Å²) in [6.45, 7) is 0. The van der Waals surface area contributed by atoms with Crippen LogP contribution in [0.25, 0.3) is 0 Å². The predicted molar refractivity (Wildman–Crippen MR) is 113 cm³/mol. The molecule has 144 valence electrons. The van der Waals surface area contributed by atoms with Crippen molar-refractivity contribution in [2.45, 2.75) is 11.8 Å². The first-order valence-corrected chi connectivity index (χ1v) is 9.69. The lowest BCUT2D eigenvalue weighted by Gasteiger charge is -2.26. The fraction of sp³-hybridized carbons (Fsp3) is 0.0870. The third-order valence-electron chi connectivity index (χ3n) is 5.11. The van der Waals surface area contributed by atoms with Crippen molar-refractivity contribution in [2.24, 2.45) is 0 Å². The first-order chi connectivity index (χ1) is 13.9. The molecule has 0 aliphatic heterocycles. The smallest absolute Gasteiger partial charge is 0.226 e. The molecule has 29 heavy (non-hydrogen) atoms.